The second-order valence-corrected chi connectivity index (χ2v) is 6.61. The molecular weight excluding hydrogens is 437 g/mol. The number of benzene rings is 2. The standard InChI is InChI=1S/C19H13F3N4O6/c20-19(21,22)18(30)23-8-10-2-1-3-11(6-10)24-15(27)9-25-16(28)13-5-4-12(26(31)32)7-14(13)17(25)29/h1-7H,8-9H2,(H,23,30)(H,24,27). The molecule has 166 valence electrons. The number of nitro groups is 1. The minimum Gasteiger partial charge on any atom is -0.344 e. The van der Waals surface area contributed by atoms with Crippen LogP contribution in [0.2, 0.25) is 0 Å². The number of carbonyl (C=O) groups excluding carboxylic acids is 4. The molecule has 0 fully saturated rings. The van der Waals surface area contributed by atoms with Crippen LogP contribution in [0.25, 0.3) is 0 Å². The molecule has 4 amide bonds. The highest BCUT2D eigenvalue weighted by Gasteiger charge is 2.39. The van der Waals surface area contributed by atoms with Crippen LogP contribution in [0.15, 0.2) is 42.5 Å². The van der Waals surface area contributed by atoms with Crippen molar-refractivity contribution in [1.29, 1.82) is 0 Å². The maximum absolute atomic E-state index is 12.4. The van der Waals surface area contributed by atoms with Crippen LogP contribution in [0.4, 0.5) is 24.5 Å². The molecule has 0 radical (unpaired) electrons. The number of imide groups is 1. The van der Waals surface area contributed by atoms with Crippen molar-refractivity contribution in [3.8, 4) is 0 Å². The summed E-state index contributed by atoms with van der Waals surface area (Å²) in [7, 11) is 0. The largest absolute Gasteiger partial charge is 0.471 e. The molecule has 0 bridgehead atoms. The van der Waals surface area contributed by atoms with Crippen molar-refractivity contribution in [3.63, 3.8) is 0 Å². The van der Waals surface area contributed by atoms with Gasteiger partial charge in [0, 0.05) is 24.4 Å². The van der Waals surface area contributed by atoms with Gasteiger partial charge in [-0.2, -0.15) is 13.2 Å². The minimum absolute atomic E-state index is 0.0733. The van der Waals surface area contributed by atoms with Crippen LogP contribution >= 0.6 is 0 Å². The highest BCUT2D eigenvalue weighted by Crippen LogP contribution is 2.26. The number of carbonyl (C=O) groups is 4. The lowest BCUT2D eigenvalue weighted by molar-refractivity contribution is -0.384. The Morgan fingerprint density at radius 3 is 2.38 bits per heavy atom. The van der Waals surface area contributed by atoms with Crippen molar-refractivity contribution in [2.45, 2.75) is 12.7 Å². The van der Waals surface area contributed by atoms with E-state index < -0.39 is 47.8 Å². The highest BCUT2D eigenvalue weighted by molar-refractivity contribution is 6.23. The molecule has 0 saturated heterocycles. The summed E-state index contributed by atoms with van der Waals surface area (Å²) in [5, 5.41) is 15.0. The first kappa shape index (κ1) is 22.4. The highest BCUT2D eigenvalue weighted by atomic mass is 19.4. The Morgan fingerprint density at radius 1 is 1.03 bits per heavy atom. The maximum Gasteiger partial charge on any atom is 0.471 e. The maximum atomic E-state index is 12.4. The first-order valence-electron chi connectivity index (χ1n) is 8.86. The molecule has 1 heterocycles. The quantitative estimate of drug-likeness (QED) is 0.392. The smallest absolute Gasteiger partial charge is 0.344 e. The first-order valence-corrected chi connectivity index (χ1v) is 8.86. The molecule has 2 aromatic rings. The molecule has 2 N–H and O–H groups in total. The molecule has 0 saturated carbocycles. The van der Waals surface area contributed by atoms with Gasteiger partial charge in [-0.3, -0.25) is 34.2 Å². The number of non-ortho nitro benzene ring substituents is 1. The molecule has 0 atom stereocenters. The summed E-state index contributed by atoms with van der Waals surface area (Å²) in [5.74, 6) is -4.56. The van der Waals surface area contributed by atoms with E-state index in [0.29, 0.717) is 4.90 Å². The normalized spacial score (nSPS) is 13.0. The van der Waals surface area contributed by atoms with Gasteiger partial charge in [0.1, 0.15) is 6.54 Å². The van der Waals surface area contributed by atoms with Crippen molar-refractivity contribution in [2.75, 3.05) is 11.9 Å². The minimum atomic E-state index is -5.03. The van der Waals surface area contributed by atoms with Gasteiger partial charge < -0.3 is 10.6 Å². The van der Waals surface area contributed by atoms with Gasteiger partial charge >= 0.3 is 12.1 Å². The number of hydrogen-bond donors (Lipinski definition) is 2. The van der Waals surface area contributed by atoms with Crippen LogP contribution in [-0.4, -0.2) is 46.2 Å². The SMILES string of the molecule is O=C(CN1C(=O)c2ccc([N+](=O)[O-])cc2C1=O)Nc1cccc(CNC(=O)C(F)(F)F)c1. The van der Waals surface area contributed by atoms with E-state index in [1.165, 1.54) is 24.3 Å². The zero-order valence-corrected chi connectivity index (χ0v) is 15.9. The lowest BCUT2D eigenvalue weighted by Gasteiger charge is -2.14. The number of hydrogen-bond acceptors (Lipinski definition) is 6. The van der Waals surface area contributed by atoms with E-state index in [9.17, 15) is 42.5 Å². The van der Waals surface area contributed by atoms with Crippen molar-refractivity contribution in [3.05, 3.63) is 69.3 Å². The van der Waals surface area contributed by atoms with E-state index in [-0.39, 0.29) is 28.1 Å². The number of anilines is 1. The molecule has 0 spiro atoms. The number of nitro benzene ring substituents is 1. The molecule has 32 heavy (non-hydrogen) atoms. The van der Waals surface area contributed by atoms with Gasteiger partial charge in [0.15, 0.2) is 0 Å². The van der Waals surface area contributed by atoms with E-state index in [2.05, 4.69) is 5.32 Å². The van der Waals surface area contributed by atoms with E-state index >= 15 is 0 Å². The van der Waals surface area contributed by atoms with Gasteiger partial charge in [-0.25, -0.2) is 0 Å². The second-order valence-electron chi connectivity index (χ2n) is 6.61. The summed E-state index contributed by atoms with van der Waals surface area (Å²) < 4.78 is 36.8. The number of nitrogens with one attached hydrogen (secondary N) is 2. The Labute approximate surface area is 177 Å². The lowest BCUT2D eigenvalue weighted by Crippen LogP contribution is -2.37. The van der Waals surface area contributed by atoms with E-state index in [4.69, 9.17) is 0 Å². The molecule has 3 rings (SSSR count). The number of nitrogens with zero attached hydrogens (tertiary/aromatic N) is 2. The third kappa shape index (κ3) is 4.71. The van der Waals surface area contributed by atoms with Crippen molar-refractivity contribution < 1.29 is 37.3 Å². The fourth-order valence-corrected chi connectivity index (χ4v) is 2.92. The Bertz CT molecular complexity index is 1150. The van der Waals surface area contributed by atoms with Crippen LogP contribution in [0.5, 0.6) is 0 Å². The van der Waals surface area contributed by atoms with Gasteiger partial charge in [-0.15, -0.1) is 0 Å². The average molecular weight is 450 g/mol. The summed E-state index contributed by atoms with van der Waals surface area (Å²) in [6.45, 7) is -1.13. The van der Waals surface area contributed by atoms with Crippen molar-refractivity contribution >= 4 is 35.0 Å². The number of rotatable bonds is 6. The van der Waals surface area contributed by atoms with Crippen molar-refractivity contribution in [1.82, 2.24) is 10.2 Å². The topological polar surface area (TPSA) is 139 Å². The molecule has 2 aromatic carbocycles. The third-order valence-corrected chi connectivity index (χ3v) is 4.39. The molecule has 0 aromatic heterocycles. The Balaban J connectivity index is 1.65. The van der Waals surface area contributed by atoms with Crippen LogP contribution < -0.4 is 10.6 Å². The molecule has 0 aliphatic carbocycles. The number of fused-ring (bicyclic) bond motifs is 1. The molecule has 10 nitrogen and oxygen atoms in total. The summed E-state index contributed by atoms with van der Waals surface area (Å²) in [6, 6.07) is 8.71. The van der Waals surface area contributed by atoms with Crippen molar-refractivity contribution in [2.24, 2.45) is 0 Å². The Kier molecular flexibility index (Phi) is 5.91. The third-order valence-electron chi connectivity index (χ3n) is 4.39. The number of amides is 4. The second kappa shape index (κ2) is 8.45. The molecule has 13 heteroatoms. The van der Waals surface area contributed by atoms with Crippen LogP contribution in [-0.2, 0) is 16.1 Å². The summed E-state index contributed by atoms with van der Waals surface area (Å²) >= 11 is 0. The molecular formula is C19H13F3N4O6. The summed E-state index contributed by atoms with van der Waals surface area (Å²) in [4.78, 5) is 58.8. The molecule has 1 aliphatic rings. The fourth-order valence-electron chi connectivity index (χ4n) is 2.92. The van der Waals surface area contributed by atoms with E-state index in [1.54, 1.807) is 5.32 Å². The van der Waals surface area contributed by atoms with E-state index in [0.717, 1.165) is 18.2 Å². The van der Waals surface area contributed by atoms with Gasteiger partial charge in [0.25, 0.3) is 17.5 Å². The number of alkyl halides is 3. The van der Waals surface area contributed by atoms with Gasteiger partial charge in [0.05, 0.1) is 16.1 Å². The van der Waals surface area contributed by atoms with Crippen LogP contribution in [0, 0.1) is 10.1 Å². The zero-order valence-electron chi connectivity index (χ0n) is 15.9. The predicted octanol–water partition coefficient (Wildman–Crippen LogP) is 2.01. The average Bonchev–Trinajstić information content (AvgIpc) is 2.95. The zero-order chi connectivity index (χ0) is 23.6. The van der Waals surface area contributed by atoms with E-state index in [1.807, 2.05) is 0 Å². The first-order chi connectivity index (χ1) is 15.0. The monoisotopic (exact) mass is 450 g/mol. The molecule has 0 unspecified atom stereocenters. The molecule has 1 aliphatic heterocycles. The summed E-state index contributed by atoms with van der Waals surface area (Å²) in [5.41, 5.74) is -0.240. The van der Waals surface area contributed by atoms with Crippen LogP contribution in [0.1, 0.15) is 26.3 Å². The van der Waals surface area contributed by atoms with Gasteiger partial charge in [0.2, 0.25) is 5.91 Å². The number of halogens is 3. The van der Waals surface area contributed by atoms with Crippen LogP contribution in [0.3, 0.4) is 0 Å². The summed E-state index contributed by atoms with van der Waals surface area (Å²) in [6.07, 6.45) is -5.03. The van der Waals surface area contributed by atoms with Gasteiger partial charge in [-0.05, 0) is 23.8 Å². The van der Waals surface area contributed by atoms with Gasteiger partial charge in [-0.1, -0.05) is 12.1 Å². The predicted molar refractivity (Wildman–Crippen MR) is 101 cm³/mol. The Hall–Kier alpha value is -4.29. The fraction of sp³-hybridized carbons (Fsp3) is 0.158. The Morgan fingerprint density at radius 2 is 1.72 bits per heavy atom. The lowest BCUT2D eigenvalue weighted by atomic mass is 10.1.